The minimum atomic E-state index is -0.457. The van der Waals surface area contributed by atoms with E-state index in [4.69, 9.17) is 9.26 Å². The van der Waals surface area contributed by atoms with Crippen LogP contribution >= 0.6 is 0 Å². The maximum absolute atomic E-state index is 13.2. The van der Waals surface area contributed by atoms with E-state index in [2.05, 4.69) is 15.1 Å². The molecule has 3 aromatic heterocycles. The lowest BCUT2D eigenvalue weighted by molar-refractivity contribution is 0.0984. The van der Waals surface area contributed by atoms with Crippen molar-refractivity contribution in [1.82, 2.24) is 19.7 Å². The molecule has 1 unspecified atom stereocenters. The fourth-order valence-electron chi connectivity index (χ4n) is 3.87. The summed E-state index contributed by atoms with van der Waals surface area (Å²) in [5.74, 6) is -0.163. The van der Waals surface area contributed by atoms with Crippen molar-refractivity contribution in [1.29, 1.82) is 0 Å². The molecule has 3 heterocycles. The standard InChI is InChI=1S/C25H25N5O4/c1-16-10-11-19(14-26-16)22(18-8-6-5-7-9-18)29(2)25-28-21(23(33-4)24(32)30(25)3)20(31)12-17-13-27-34-15-17/h5-11,13-15,22H,12H2,1-4H3. The Hall–Kier alpha value is -4.27. The number of hydrogen-bond donors (Lipinski definition) is 0. The molecule has 0 aliphatic carbocycles. The monoisotopic (exact) mass is 459 g/mol. The van der Waals surface area contributed by atoms with Crippen molar-refractivity contribution in [3.8, 4) is 5.75 Å². The molecule has 0 aliphatic heterocycles. The molecular weight excluding hydrogens is 434 g/mol. The first kappa shape index (κ1) is 22.9. The molecule has 4 rings (SSSR count). The Morgan fingerprint density at radius 2 is 1.91 bits per heavy atom. The summed E-state index contributed by atoms with van der Waals surface area (Å²) in [6, 6.07) is 13.5. The van der Waals surface area contributed by atoms with E-state index in [1.165, 1.54) is 24.1 Å². The van der Waals surface area contributed by atoms with Gasteiger partial charge in [0.15, 0.2) is 11.5 Å². The number of rotatable bonds is 8. The largest absolute Gasteiger partial charge is 0.489 e. The van der Waals surface area contributed by atoms with Crippen molar-refractivity contribution >= 4 is 11.7 Å². The van der Waals surface area contributed by atoms with Gasteiger partial charge in [0.1, 0.15) is 6.26 Å². The van der Waals surface area contributed by atoms with Crippen LogP contribution in [0.5, 0.6) is 5.75 Å². The number of pyridine rings is 1. The molecule has 0 fully saturated rings. The number of carbonyl (C=O) groups is 1. The molecule has 9 nitrogen and oxygen atoms in total. The predicted octanol–water partition coefficient (Wildman–Crippen LogP) is 3.13. The maximum atomic E-state index is 13.2. The van der Waals surface area contributed by atoms with E-state index in [0.717, 1.165) is 16.8 Å². The first-order valence-electron chi connectivity index (χ1n) is 10.7. The molecule has 0 N–H and O–H groups in total. The Balaban J connectivity index is 1.83. The van der Waals surface area contributed by atoms with Gasteiger partial charge in [-0.25, -0.2) is 4.98 Å². The summed E-state index contributed by atoms with van der Waals surface area (Å²) < 4.78 is 11.5. The van der Waals surface area contributed by atoms with E-state index in [1.54, 1.807) is 7.05 Å². The van der Waals surface area contributed by atoms with Crippen LogP contribution in [0.15, 0.2) is 70.4 Å². The minimum absolute atomic E-state index is 0.0207. The van der Waals surface area contributed by atoms with Gasteiger partial charge in [-0.3, -0.25) is 19.1 Å². The third kappa shape index (κ3) is 4.45. The van der Waals surface area contributed by atoms with Gasteiger partial charge in [-0.2, -0.15) is 0 Å². The molecule has 4 aromatic rings. The van der Waals surface area contributed by atoms with Crippen molar-refractivity contribution in [2.24, 2.45) is 7.05 Å². The van der Waals surface area contributed by atoms with Crippen LogP contribution in [0.1, 0.15) is 38.9 Å². The number of Topliss-reactive ketones (excluding diaryl/α,β-unsaturated/α-hetero) is 1. The highest BCUT2D eigenvalue weighted by molar-refractivity contribution is 5.98. The Bertz CT molecular complexity index is 1330. The summed E-state index contributed by atoms with van der Waals surface area (Å²) in [7, 11) is 4.79. The number of aryl methyl sites for hydroxylation is 1. The van der Waals surface area contributed by atoms with Gasteiger partial charge in [-0.15, -0.1) is 0 Å². The van der Waals surface area contributed by atoms with Crippen molar-refractivity contribution in [2.75, 3.05) is 19.1 Å². The number of methoxy groups -OCH3 is 1. The third-order valence-electron chi connectivity index (χ3n) is 5.61. The average Bonchev–Trinajstić information content (AvgIpc) is 3.35. The number of ether oxygens (including phenoxy) is 1. The van der Waals surface area contributed by atoms with Gasteiger partial charge < -0.3 is 14.2 Å². The summed E-state index contributed by atoms with van der Waals surface area (Å²) in [5, 5.41) is 3.63. The molecule has 1 atom stereocenters. The molecule has 0 spiro atoms. The van der Waals surface area contributed by atoms with Gasteiger partial charge in [-0.1, -0.05) is 41.6 Å². The van der Waals surface area contributed by atoms with E-state index in [9.17, 15) is 9.59 Å². The van der Waals surface area contributed by atoms with Crippen LogP contribution in [0.2, 0.25) is 0 Å². The minimum Gasteiger partial charge on any atom is -0.489 e. The number of carbonyl (C=O) groups excluding carboxylic acids is 1. The van der Waals surface area contributed by atoms with Gasteiger partial charge in [-0.05, 0) is 24.1 Å². The average molecular weight is 460 g/mol. The lowest BCUT2D eigenvalue weighted by Crippen LogP contribution is -2.34. The molecule has 34 heavy (non-hydrogen) atoms. The summed E-state index contributed by atoms with van der Waals surface area (Å²) in [6.45, 7) is 1.92. The second-order valence-corrected chi connectivity index (χ2v) is 7.95. The van der Waals surface area contributed by atoms with Gasteiger partial charge >= 0.3 is 0 Å². The molecule has 0 aliphatic rings. The van der Waals surface area contributed by atoms with Gasteiger partial charge in [0.05, 0.1) is 19.3 Å². The number of ketones is 1. The highest BCUT2D eigenvalue weighted by Crippen LogP contribution is 2.31. The van der Waals surface area contributed by atoms with Crippen molar-refractivity contribution in [3.05, 3.63) is 99.6 Å². The zero-order chi connectivity index (χ0) is 24.2. The fraction of sp³-hybridized carbons (Fsp3) is 0.240. The van der Waals surface area contributed by atoms with Gasteiger partial charge in [0.2, 0.25) is 11.7 Å². The Morgan fingerprint density at radius 3 is 2.53 bits per heavy atom. The first-order chi connectivity index (χ1) is 16.4. The van der Waals surface area contributed by atoms with Crippen LogP contribution in [0.25, 0.3) is 0 Å². The van der Waals surface area contributed by atoms with Gasteiger partial charge in [0.25, 0.3) is 5.56 Å². The van der Waals surface area contributed by atoms with Crippen molar-refractivity contribution < 1.29 is 14.1 Å². The molecule has 9 heteroatoms. The van der Waals surface area contributed by atoms with Crippen LogP contribution in [0.4, 0.5) is 5.95 Å². The zero-order valence-electron chi connectivity index (χ0n) is 19.4. The van der Waals surface area contributed by atoms with Crippen molar-refractivity contribution in [2.45, 2.75) is 19.4 Å². The van der Waals surface area contributed by atoms with E-state index in [0.29, 0.717) is 11.5 Å². The van der Waals surface area contributed by atoms with Crippen molar-refractivity contribution in [3.63, 3.8) is 0 Å². The molecule has 174 valence electrons. The summed E-state index contributed by atoms with van der Waals surface area (Å²) in [4.78, 5) is 37.2. The molecule has 0 radical (unpaired) electrons. The Morgan fingerprint density at radius 1 is 1.15 bits per heavy atom. The smallest absolute Gasteiger partial charge is 0.297 e. The summed E-state index contributed by atoms with van der Waals surface area (Å²) in [5.41, 5.74) is 2.89. The van der Waals surface area contributed by atoms with E-state index in [-0.39, 0.29) is 29.7 Å². The number of hydrogen-bond acceptors (Lipinski definition) is 8. The topological polar surface area (TPSA) is 103 Å². The van der Waals surface area contributed by atoms with Crippen LogP contribution in [-0.2, 0) is 13.5 Å². The van der Waals surface area contributed by atoms with E-state index >= 15 is 0 Å². The SMILES string of the molecule is COc1c(C(=O)Cc2cnoc2)nc(N(C)C(c2ccccc2)c2ccc(C)nc2)n(C)c1=O. The molecule has 1 aromatic carbocycles. The number of anilines is 1. The molecular formula is C25H25N5O4. The van der Waals surface area contributed by atoms with E-state index in [1.807, 2.05) is 67.5 Å². The molecule has 0 saturated carbocycles. The first-order valence-corrected chi connectivity index (χ1v) is 10.7. The third-order valence-corrected chi connectivity index (χ3v) is 5.61. The second-order valence-electron chi connectivity index (χ2n) is 7.95. The van der Waals surface area contributed by atoms with Crippen LogP contribution in [-0.4, -0.2) is 39.6 Å². The summed E-state index contributed by atoms with van der Waals surface area (Å²) >= 11 is 0. The lowest BCUT2D eigenvalue weighted by Gasteiger charge is -2.31. The number of benzene rings is 1. The predicted molar refractivity (Wildman–Crippen MR) is 126 cm³/mol. The summed E-state index contributed by atoms with van der Waals surface area (Å²) in [6.07, 6.45) is 4.62. The Labute approximate surface area is 196 Å². The van der Waals surface area contributed by atoms with Crippen LogP contribution in [0.3, 0.4) is 0 Å². The fourth-order valence-corrected chi connectivity index (χ4v) is 3.87. The van der Waals surface area contributed by atoms with Crippen LogP contribution < -0.4 is 15.2 Å². The van der Waals surface area contributed by atoms with Crippen LogP contribution in [0, 0.1) is 6.92 Å². The van der Waals surface area contributed by atoms with Gasteiger partial charge in [0, 0.05) is 38.0 Å². The second kappa shape index (κ2) is 9.70. The maximum Gasteiger partial charge on any atom is 0.297 e. The molecule has 0 saturated heterocycles. The lowest BCUT2D eigenvalue weighted by atomic mass is 9.99. The normalized spacial score (nSPS) is 11.8. The number of nitrogens with zero attached hydrogens (tertiary/aromatic N) is 5. The Kier molecular flexibility index (Phi) is 6.53. The highest BCUT2D eigenvalue weighted by Gasteiger charge is 2.27. The van der Waals surface area contributed by atoms with E-state index < -0.39 is 5.56 Å². The highest BCUT2D eigenvalue weighted by atomic mass is 16.5. The quantitative estimate of drug-likeness (QED) is 0.370. The zero-order valence-corrected chi connectivity index (χ0v) is 19.4. The molecule has 0 amide bonds. The number of aromatic nitrogens is 4. The molecule has 0 bridgehead atoms.